The van der Waals surface area contributed by atoms with E-state index in [1.807, 2.05) is 44.1 Å². The molecule has 0 aliphatic heterocycles. The number of likely N-dealkylation sites (N-methyl/N-ethyl adjacent to an activating group) is 1. The quantitative estimate of drug-likeness (QED) is 0.875. The van der Waals surface area contributed by atoms with Crippen molar-refractivity contribution in [3.8, 4) is 0 Å². The van der Waals surface area contributed by atoms with Crippen molar-refractivity contribution >= 4 is 11.7 Å². The third-order valence-corrected chi connectivity index (χ3v) is 3.57. The maximum atomic E-state index is 12.2. The lowest BCUT2D eigenvalue weighted by Gasteiger charge is -2.24. The first kappa shape index (κ1) is 15.2. The Morgan fingerprint density at radius 2 is 2.19 bits per heavy atom. The highest BCUT2D eigenvalue weighted by molar-refractivity contribution is 5.93. The van der Waals surface area contributed by atoms with Crippen molar-refractivity contribution in [1.82, 2.24) is 19.4 Å². The van der Waals surface area contributed by atoms with Gasteiger partial charge in [-0.1, -0.05) is 6.07 Å². The zero-order valence-corrected chi connectivity index (χ0v) is 12.7. The average molecular weight is 287 g/mol. The first-order chi connectivity index (χ1) is 10.1. The van der Waals surface area contributed by atoms with Crippen LogP contribution in [-0.2, 0) is 11.3 Å². The summed E-state index contributed by atoms with van der Waals surface area (Å²) in [6.07, 6.45) is 5.39. The zero-order chi connectivity index (χ0) is 15.2. The topological polar surface area (TPSA) is 63.1 Å². The van der Waals surface area contributed by atoms with Crippen molar-refractivity contribution in [2.45, 2.75) is 26.4 Å². The minimum Gasteiger partial charge on any atom is -0.334 e. The van der Waals surface area contributed by atoms with E-state index in [2.05, 4.69) is 19.9 Å². The maximum Gasteiger partial charge on any atom is 0.242 e. The van der Waals surface area contributed by atoms with Gasteiger partial charge in [0.1, 0.15) is 11.6 Å². The first-order valence-corrected chi connectivity index (χ1v) is 6.98. The van der Waals surface area contributed by atoms with Crippen LogP contribution in [0.4, 0.5) is 5.82 Å². The van der Waals surface area contributed by atoms with E-state index >= 15 is 0 Å². The molecule has 0 fully saturated rings. The Labute approximate surface area is 124 Å². The third kappa shape index (κ3) is 4.13. The molecule has 0 unspecified atom stereocenters. The van der Waals surface area contributed by atoms with Crippen LogP contribution < -0.4 is 5.32 Å². The van der Waals surface area contributed by atoms with Crippen LogP contribution in [0.2, 0.25) is 0 Å². The molecule has 0 bridgehead atoms. The lowest BCUT2D eigenvalue weighted by molar-refractivity contribution is -0.120. The van der Waals surface area contributed by atoms with Crippen LogP contribution in [0.25, 0.3) is 0 Å². The Morgan fingerprint density at radius 3 is 2.81 bits per heavy atom. The molecule has 0 aromatic carbocycles. The number of aromatic nitrogens is 3. The third-order valence-electron chi connectivity index (χ3n) is 3.57. The molecule has 2 aromatic heterocycles. The van der Waals surface area contributed by atoms with Crippen LogP contribution in [0, 0.1) is 6.92 Å². The summed E-state index contributed by atoms with van der Waals surface area (Å²) < 4.78 is 2.07. The minimum absolute atomic E-state index is 0.0569. The summed E-state index contributed by atoms with van der Waals surface area (Å²) in [5.41, 5.74) is 0. The van der Waals surface area contributed by atoms with Gasteiger partial charge in [-0.25, -0.2) is 9.97 Å². The van der Waals surface area contributed by atoms with Crippen LogP contribution in [0.3, 0.4) is 0 Å². The summed E-state index contributed by atoms with van der Waals surface area (Å²) in [7, 11) is 1.94. The monoisotopic (exact) mass is 287 g/mol. The molecule has 0 aliphatic rings. The molecule has 6 nitrogen and oxygen atoms in total. The van der Waals surface area contributed by atoms with Gasteiger partial charge in [-0.3, -0.25) is 9.69 Å². The number of amides is 1. The molecule has 0 radical (unpaired) electrons. The van der Waals surface area contributed by atoms with Crippen molar-refractivity contribution in [3.05, 3.63) is 42.6 Å². The number of rotatable bonds is 6. The molecule has 0 aliphatic carbocycles. The standard InChI is InChI=1S/C15H21N5O/c1-12(15(21)18-14-6-4-5-7-17-14)19(3)10-11-20-9-8-16-13(20)2/h4-9,12H,10-11H2,1-3H3,(H,17,18,21)/t12-/m1/s1. The number of nitrogens with one attached hydrogen (secondary N) is 1. The predicted molar refractivity (Wildman–Crippen MR) is 81.9 cm³/mol. The maximum absolute atomic E-state index is 12.2. The van der Waals surface area contributed by atoms with Crippen molar-refractivity contribution < 1.29 is 4.79 Å². The summed E-state index contributed by atoms with van der Waals surface area (Å²) >= 11 is 0. The van der Waals surface area contributed by atoms with Crippen molar-refractivity contribution in [2.75, 3.05) is 18.9 Å². The number of pyridine rings is 1. The van der Waals surface area contributed by atoms with Crippen molar-refractivity contribution in [3.63, 3.8) is 0 Å². The van der Waals surface area contributed by atoms with E-state index in [1.54, 1.807) is 18.5 Å². The van der Waals surface area contributed by atoms with E-state index in [4.69, 9.17) is 0 Å². The molecule has 1 amide bonds. The first-order valence-electron chi connectivity index (χ1n) is 6.98. The van der Waals surface area contributed by atoms with Crippen molar-refractivity contribution in [1.29, 1.82) is 0 Å². The van der Waals surface area contributed by atoms with Crippen molar-refractivity contribution in [2.24, 2.45) is 0 Å². The van der Waals surface area contributed by atoms with E-state index in [9.17, 15) is 4.79 Å². The summed E-state index contributed by atoms with van der Waals surface area (Å²) in [6.45, 7) is 5.44. The summed E-state index contributed by atoms with van der Waals surface area (Å²) in [5, 5.41) is 2.82. The SMILES string of the molecule is Cc1nccn1CCN(C)[C@H](C)C(=O)Nc1ccccn1. The summed E-state index contributed by atoms with van der Waals surface area (Å²) in [5.74, 6) is 1.50. The lowest BCUT2D eigenvalue weighted by Crippen LogP contribution is -2.41. The second-order valence-corrected chi connectivity index (χ2v) is 5.03. The van der Waals surface area contributed by atoms with Gasteiger partial charge in [0.05, 0.1) is 6.04 Å². The van der Waals surface area contributed by atoms with Crippen LogP contribution in [0.5, 0.6) is 0 Å². The fourth-order valence-electron chi connectivity index (χ4n) is 1.97. The number of hydrogen-bond donors (Lipinski definition) is 1. The highest BCUT2D eigenvalue weighted by atomic mass is 16.2. The zero-order valence-electron chi connectivity index (χ0n) is 12.7. The largest absolute Gasteiger partial charge is 0.334 e. The second kappa shape index (κ2) is 6.99. The Morgan fingerprint density at radius 1 is 1.38 bits per heavy atom. The van der Waals surface area contributed by atoms with Gasteiger partial charge in [-0.05, 0) is 33.0 Å². The van der Waals surface area contributed by atoms with Crippen LogP contribution in [-0.4, -0.2) is 45.0 Å². The molecule has 2 heterocycles. The van der Waals surface area contributed by atoms with E-state index < -0.39 is 0 Å². The van der Waals surface area contributed by atoms with Gasteiger partial charge in [-0.2, -0.15) is 0 Å². The summed E-state index contributed by atoms with van der Waals surface area (Å²) in [6, 6.07) is 5.22. The van der Waals surface area contributed by atoms with Crippen LogP contribution in [0.1, 0.15) is 12.7 Å². The van der Waals surface area contributed by atoms with Gasteiger partial charge in [0, 0.05) is 31.7 Å². The van der Waals surface area contributed by atoms with Gasteiger partial charge in [0.25, 0.3) is 0 Å². The number of carbonyl (C=O) groups is 1. The molecular formula is C15H21N5O. The summed E-state index contributed by atoms with van der Waals surface area (Å²) in [4.78, 5) is 22.5. The molecule has 112 valence electrons. The fourth-order valence-corrected chi connectivity index (χ4v) is 1.97. The number of anilines is 1. The predicted octanol–water partition coefficient (Wildman–Crippen LogP) is 1.55. The molecule has 2 aromatic rings. The minimum atomic E-state index is -0.226. The Balaban J connectivity index is 1.85. The smallest absolute Gasteiger partial charge is 0.242 e. The molecule has 0 saturated heterocycles. The Bertz CT molecular complexity index is 581. The highest BCUT2D eigenvalue weighted by Gasteiger charge is 2.18. The van der Waals surface area contributed by atoms with Gasteiger partial charge < -0.3 is 9.88 Å². The highest BCUT2D eigenvalue weighted by Crippen LogP contribution is 2.04. The fraction of sp³-hybridized carbons (Fsp3) is 0.400. The van der Waals surface area contributed by atoms with Crippen LogP contribution >= 0.6 is 0 Å². The number of nitrogens with zero attached hydrogens (tertiary/aromatic N) is 4. The van der Waals surface area contributed by atoms with E-state index in [-0.39, 0.29) is 11.9 Å². The normalized spacial score (nSPS) is 12.4. The number of aryl methyl sites for hydroxylation is 1. The molecule has 6 heteroatoms. The second-order valence-electron chi connectivity index (χ2n) is 5.03. The van der Waals surface area contributed by atoms with Crippen LogP contribution in [0.15, 0.2) is 36.8 Å². The molecule has 0 saturated carbocycles. The van der Waals surface area contributed by atoms with Gasteiger partial charge in [0.2, 0.25) is 5.91 Å². The van der Waals surface area contributed by atoms with E-state index in [0.717, 1.165) is 18.9 Å². The average Bonchev–Trinajstić information content (AvgIpc) is 2.90. The Hall–Kier alpha value is -2.21. The molecule has 1 N–H and O–H groups in total. The van der Waals surface area contributed by atoms with Gasteiger partial charge in [-0.15, -0.1) is 0 Å². The molecule has 21 heavy (non-hydrogen) atoms. The number of imidazole rings is 1. The van der Waals surface area contributed by atoms with Gasteiger partial charge in [0.15, 0.2) is 0 Å². The number of carbonyl (C=O) groups excluding carboxylic acids is 1. The van der Waals surface area contributed by atoms with E-state index in [1.165, 1.54) is 0 Å². The Kier molecular flexibility index (Phi) is 5.05. The van der Waals surface area contributed by atoms with E-state index in [0.29, 0.717) is 5.82 Å². The molecular weight excluding hydrogens is 266 g/mol. The lowest BCUT2D eigenvalue weighted by atomic mass is 10.2. The molecule has 0 spiro atoms. The molecule has 2 rings (SSSR count). The van der Waals surface area contributed by atoms with Gasteiger partial charge >= 0.3 is 0 Å². The number of hydrogen-bond acceptors (Lipinski definition) is 4. The molecule has 1 atom stereocenters.